The predicted octanol–water partition coefficient (Wildman–Crippen LogP) is 5.14. The first-order valence-corrected chi connectivity index (χ1v) is 11.2. The summed E-state index contributed by atoms with van der Waals surface area (Å²) in [6.45, 7) is 2.04. The van der Waals surface area contributed by atoms with Crippen molar-refractivity contribution in [2.24, 2.45) is 5.10 Å². The highest BCUT2D eigenvalue weighted by Gasteiger charge is 2.17. The van der Waals surface area contributed by atoms with Gasteiger partial charge in [-0.2, -0.15) is 5.10 Å². The molecule has 6 nitrogen and oxygen atoms in total. The summed E-state index contributed by atoms with van der Waals surface area (Å²) >= 11 is 7.26. The normalized spacial score (nSPS) is 11.1. The lowest BCUT2D eigenvalue weighted by Gasteiger charge is -2.10. The van der Waals surface area contributed by atoms with Gasteiger partial charge in [0.2, 0.25) is 0 Å². The number of carbonyl (C=O) groups excluding carboxylic acids is 1. The molecule has 0 aliphatic carbocycles. The van der Waals surface area contributed by atoms with Crippen molar-refractivity contribution in [3.8, 4) is 17.1 Å². The van der Waals surface area contributed by atoms with Gasteiger partial charge in [-0.05, 0) is 36.8 Å². The van der Waals surface area contributed by atoms with E-state index in [1.54, 1.807) is 18.3 Å². The number of amides is 1. The summed E-state index contributed by atoms with van der Waals surface area (Å²) in [5.74, 6) is 0.621. The highest BCUT2D eigenvalue weighted by molar-refractivity contribution is 7.99. The third-order valence-electron chi connectivity index (χ3n) is 4.54. The monoisotopic (exact) mass is 461 g/mol. The number of nitrogens with one attached hydrogen (secondary N) is 1. The van der Waals surface area contributed by atoms with Crippen molar-refractivity contribution >= 4 is 35.5 Å². The van der Waals surface area contributed by atoms with Crippen molar-refractivity contribution in [2.45, 2.75) is 12.1 Å². The number of aromatic nitrogens is 3. The van der Waals surface area contributed by atoms with Crippen molar-refractivity contribution in [3.05, 3.63) is 95.0 Å². The number of rotatable bonds is 7. The van der Waals surface area contributed by atoms with E-state index in [-0.39, 0.29) is 11.7 Å². The van der Waals surface area contributed by atoms with Gasteiger partial charge < -0.3 is 0 Å². The second kappa shape index (κ2) is 10.3. The number of halogens is 1. The van der Waals surface area contributed by atoms with Crippen molar-refractivity contribution < 1.29 is 4.79 Å². The number of carbonyl (C=O) groups is 1. The van der Waals surface area contributed by atoms with Crippen LogP contribution in [0.25, 0.3) is 17.1 Å². The molecular weight excluding hydrogens is 442 g/mol. The first kappa shape index (κ1) is 21.8. The molecule has 0 radical (unpaired) electrons. The number of hydrogen-bond donors (Lipinski definition) is 1. The van der Waals surface area contributed by atoms with Gasteiger partial charge in [0.05, 0.1) is 12.0 Å². The molecule has 1 aromatic heterocycles. The number of benzene rings is 3. The Bertz CT molecular complexity index is 1240. The van der Waals surface area contributed by atoms with E-state index in [9.17, 15) is 4.79 Å². The van der Waals surface area contributed by atoms with Crippen molar-refractivity contribution in [2.75, 3.05) is 5.75 Å². The maximum atomic E-state index is 12.3. The Morgan fingerprint density at radius 3 is 2.59 bits per heavy atom. The zero-order chi connectivity index (χ0) is 22.3. The van der Waals surface area contributed by atoms with Crippen molar-refractivity contribution in [1.29, 1.82) is 0 Å². The maximum Gasteiger partial charge on any atom is 0.250 e. The van der Waals surface area contributed by atoms with E-state index in [0.717, 1.165) is 28.2 Å². The molecule has 4 aromatic rings. The van der Waals surface area contributed by atoms with Gasteiger partial charge in [-0.15, -0.1) is 10.2 Å². The molecule has 0 saturated heterocycles. The fraction of sp³-hybridized carbons (Fsp3) is 0.0833. The van der Waals surface area contributed by atoms with E-state index < -0.39 is 0 Å². The predicted molar refractivity (Wildman–Crippen MR) is 129 cm³/mol. The van der Waals surface area contributed by atoms with E-state index in [1.807, 2.05) is 78.2 Å². The van der Waals surface area contributed by atoms with Gasteiger partial charge in [-0.25, -0.2) is 5.43 Å². The molecule has 0 atom stereocenters. The molecule has 3 aromatic carbocycles. The van der Waals surface area contributed by atoms with E-state index in [4.69, 9.17) is 11.6 Å². The fourth-order valence-electron chi connectivity index (χ4n) is 2.99. The molecule has 4 rings (SSSR count). The minimum atomic E-state index is -0.243. The van der Waals surface area contributed by atoms with Crippen molar-refractivity contribution in [3.63, 3.8) is 0 Å². The molecule has 0 unspecified atom stereocenters. The van der Waals surface area contributed by atoms with Crippen LogP contribution in [0.5, 0.6) is 0 Å². The molecule has 1 N–H and O–H groups in total. The molecule has 0 spiro atoms. The molecule has 32 heavy (non-hydrogen) atoms. The number of aryl methyl sites for hydroxylation is 1. The van der Waals surface area contributed by atoms with Crippen LogP contribution >= 0.6 is 23.4 Å². The maximum absolute atomic E-state index is 12.3. The number of hydrogen-bond acceptors (Lipinski definition) is 5. The molecule has 1 heterocycles. The van der Waals surface area contributed by atoms with E-state index in [1.165, 1.54) is 11.8 Å². The van der Waals surface area contributed by atoms with Crippen LogP contribution in [-0.2, 0) is 4.79 Å². The lowest BCUT2D eigenvalue weighted by Crippen LogP contribution is -2.20. The second-order valence-electron chi connectivity index (χ2n) is 6.98. The summed E-state index contributed by atoms with van der Waals surface area (Å²) in [6, 6.07) is 25.2. The average molecular weight is 462 g/mol. The molecule has 0 bridgehead atoms. The summed E-state index contributed by atoms with van der Waals surface area (Å²) in [6.07, 6.45) is 1.55. The fourth-order valence-corrected chi connectivity index (χ4v) is 3.94. The minimum Gasteiger partial charge on any atom is -0.272 e. The van der Waals surface area contributed by atoms with Gasteiger partial charge in [0.25, 0.3) is 5.91 Å². The minimum absolute atomic E-state index is 0.145. The van der Waals surface area contributed by atoms with E-state index >= 15 is 0 Å². The number of thioether (sulfide) groups is 1. The van der Waals surface area contributed by atoms with Gasteiger partial charge in [0, 0.05) is 16.3 Å². The lowest BCUT2D eigenvalue weighted by molar-refractivity contribution is -0.118. The van der Waals surface area contributed by atoms with Crippen LogP contribution in [0.4, 0.5) is 0 Å². The van der Waals surface area contributed by atoms with Gasteiger partial charge in [0.1, 0.15) is 0 Å². The molecule has 0 aliphatic heterocycles. The SMILES string of the molecule is Cc1ccc(-n2c(SCC(=O)N/N=C/c3cccc(Cl)c3)nnc2-c2ccccc2)cc1. The first-order chi connectivity index (χ1) is 15.6. The standard InChI is InChI=1S/C24H20ClN5OS/c1-17-10-12-21(13-11-17)30-23(19-7-3-2-4-8-19)28-29-24(30)32-16-22(31)27-26-15-18-6-5-9-20(25)14-18/h2-15H,16H2,1H3,(H,27,31)/b26-15+. The highest BCUT2D eigenvalue weighted by atomic mass is 35.5. The Hall–Kier alpha value is -3.42. The Morgan fingerprint density at radius 1 is 1.06 bits per heavy atom. The molecule has 0 aliphatic rings. The van der Waals surface area contributed by atoms with Crippen LogP contribution in [0.1, 0.15) is 11.1 Å². The van der Waals surface area contributed by atoms with Crippen molar-refractivity contribution in [1.82, 2.24) is 20.2 Å². The van der Waals surface area contributed by atoms with Crippen LogP contribution in [0, 0.1) is 6.92 Å². The van der Waals surface area contributed by atoms with Gasteiger partial charge >= 0.3 is 0 Å². The summed E-state index contributed by atoms with van der Waals surface area (Å²) < 4.78 is 1.96. The molecule has 160 valence electrons. The second-order valence-corrected chi connectivity index (χ2v) is 8.36. The zero-order valence-electron chi connectivity index (χ0n) is 17.3. The summed E-state index contributed by atoms with van der Waals surface area (Å²) in [7, 11) is 0. The smallest absolute Gasteiger partial charge is 0.250 e. The van der Waals surface area contributed by atoms with Crippen LogP contribution < -0.4 is 5.43 Å². The van der Waals surface area contributed by atoms with Gasteiger partial charge in [-0.3, -0.25) is 9.36 Å². The summed E-state index contributed by atoms with van der Waals surface area (Å²) in [5.41, 5.74) is 6.38. The largest absolute Gasteiger partial charge is 0.272 e. The van der Waals surface area contributed by atoms with Crippen LogP contribution in [0.15, 0.2) is 89.1 Å². The lowest BCUT2D eigenvalue weighted by atomic mass is 10.2. The zero-order valence-corrected chi connectivity index (χ0v) is 18.8. The molecule has 1 amide bonds. The molecule has 0 saturated carbocycles. The Morgan fingerprint density at radius 2 is 1.84 bits per heavy atom. The topological polar surface area (TPSA) is 72.2 Å². The first-order valence-electron chi connectivity index (χ1n) is 9.88. The van der Waals surface area contributed by atoms with Gasteiger partial charge in [-0.1, -0.05) is 83.5 Å². The van der Waals surface area contributed by atoms with Gasteiger partial charge in [0.15, 0.2) is 11.0 Å². The van der Waals surface area contributed by atoms with Crippen LogP contribution in [-0.4, -0.2) is 32.6 Å². The Kier molecular flexibility index (Phi) is 6.99. The number of nitrogens with zero attached hydrogens (tertiary/aromatic N) is 4. The molecule has 0 fully saturated rings. The van der Waals surface area contributed by atoms with E-state index in [2.05, 4.69) is 20.7 Å². The third kappa shape index (κ3) is 5.43. The Balaban J connectivity index is 1.50. The quantitative estimate of drug-likeness (QED) is 0.235. The highest BCUT2D eigenvalue weighted by Crippen LogP contribution is 2.28. The third-order valence-corrected chi connectivity index (χ3v) is 5.71. The summed E-state index contributed by atoms with van der Waals surface area (Å²) in [4.78, 5) is 12.3. The number of hydrazone groups is 1. The van der Waals surface area contributed by atoms with Crippen LogP contribution in [0.2, 0.25) is 5.02 Å². The van der Waals surface area contributed by atoms with Crippen LogP contribution in [0.3, 0.4) is 0 Å². The summed E-state index contributed by atoms with van der Waals surface area (Å²) in [5, 5.41) is 14.0. The Labute approximate surface area is 195 Å². The molecular formula is C24H20ClN5OS. The molecule has 8 heteroatoms. The van der Waals surface area contributed by atoms with E-state index in [0.29, 0.717) is 10.2 Å². The average Bonchev–Trinajstić information content (AvgIpc) is 3.23.